The summed E-state index contributed by atoms with van der Waals surface area (Å²) in [6.07, 6.45) is 1.41. The Morgan fingerprint density at radius 1 is 1.22 bits per heavy atom. The van der Waals surface area contributed by atoms with Crippen LogP contribution in [0.5, 0.6) is 11.6 Å². The van der Waals surface area contributed by atoms with Crippen molar-refractivity contribution in [2.75, 3.05) is 0 Å². The number of nitrogens with zero attached hydrogens (tertiary/aromatic N) is 1. The van der Waals surface area contributed by atoms with Crippen molar-refractivity contribution in [1.29, 1.82) is 0 Å². The van der Waals surface area contributed by atoms with Gasteiger partial charge in [-0.2, -0.15) is 0 Å². The summed E-state index contributed by atoms with van der Waals surface area (Å²) in [6.45, 7) is 0. The summed E-state index contributed by atoms with van der Waals surface area (Å²) >= 11 is -2.43. The maximum Gasteiger partial charge on any atom is 1.00 e. The molecular weight excluding hydrogens is 268 g/mol. The minimum Gasteiger partial charge on any atom is -0.768 e. The third-order valence-corrected chi connectivity index (χ3v) is 2.61. The molecule has 1 heterocycles. The molecule has 1 unspecified atom stereocenters. The van der Waals surface area contributed by atoms with E-state index >= 15 is 0 Å². The molecule has 0 bridgehead atoms. The first-order valence-corrected chi connectivity index (χ1v) is 5.72. The standard InChI is InChI=1S/C11H8FNO3S.Na/c12-8-3-5-9(6-4-8)16-11-10(17(14)15)2-1-7-13-11;/h1-7H,(H,14,15);/q;+1/p-1. The van der Waals surface area contributed by atoms with Crippen molar-refractivity contribution >= 4 is 11.1 Å². The first-order valence-electron chi connectivity index (χ1n) is 4.64. The van der Waals surface area contributed by atoms with E-state index in [4.69, 9.17) is 4.74 Å². The van der Waals surface area contributed by atoms with Crippen LogP contribution in [0.1, 0.15) is 0 Å². The van der Waals surface area contributed by atoms with Gasteiger partial charge in [-0.1, -0.05) is 0 Å². The number of benzene rings is 1. The molecule has 2 aromatic rings. The van der Waals surface area contributed by atoms with E-state index in [1.807, 2.05) is 0 Å². The van der Waals surface area contributed by atoms with Crippen LogP contribution in [-0.4, -0.2) is 13.7 Å². The molecule has 88 valence electrons. The molecular formula is C11H7FNNaO3S. The van der Waals surface area contributed by atoms with Gasteiger partial charge in [0.15, 0.2) is 0 Å². The molecule has 1 aromatic carbocycles. The van der Waals surface area contributed by atoms with Crippen LogP contribution < -0.4 is 34.3 Å². The summed E-state index contributed by atoms with van der Waals surface area (Å²) < 4.78 is 39.7. The Morgan fingerprint density at radius 2 is 1.89 bits per heavy atom. The number of hydrogen-bond acceptors (Lipinski definition) is 4. The van der Waals surface area contributed by atoms with Crippen molar-refractivity contribution in [3.8, 4) is 11.6 Å². The summed E-state index contributed by atoms with van der Waals surface area (Å²) in [5, 5.41) is 0. The number of aromatic nitrogens is 1. The van der Waals surface area contributed by atoms with Crippen molar-refractivity contribution in [2.24, 2.45) is 0 Å². The predicted octanol–water partition coefficient (Wildman–Crippen LogP) is -0.745. The molecule has 4 nitrogen and oxygen atoms in total. The Balaban J connectivity index is 0.00000162. The second-order valence-electron chi connectivity index (χ2n) is 3.10. The number of rotatable bonds is 3. The average Bonchev–Trinajstić information content (AvgIpc) is 2.32. The summed E-state index contributed by atoms with van der Waals surface area (Å²) in [7, 11) is 0. The third kappa shape index (κ3) is 3.86. The maximum absolute atomic E-state index is 12.7. The second-order valence-corrected chi connectivity index (χ2v) is 4.01. The summed E-state index contributed by atoms with van der Waals surface area (Å²) in [4.78, 5) is 3.76. The molecule has 0 aliphatic heterocycles. The Hall–Kier alpha value is -0.790. The molecule has 0 aliphatic rings. The van der Waals surface area contributed by atoms with E-state index in [0.29, 0.717) is 5.75 Å². The zero-order valence-corrected chi connectivity index (χ0v) is 12.3. The van der Waals surface area contributed by atoms with Crippen molar-refractivity contribution in [3.63, 3.8) is 0 Å². The quantitative estimate of drug-likeness (QED) is 0.546. The predicted molar refractivity (Wildman–Crippen MR) is 57.9 cm³/mol. The Bertz CT molecular complexity index is 550. The second kappa shape index (κ2) is 6.96. The fourth-order valence-electron chi connectivity index (χ4n) is 1.19. The van der Waals surface area contributed by atoms with E-state index in [0.717, 1.165) is 0 Å². The number of ether oxygens (including phenoxy) is 1. The van der Waals surface area contributed by atoms with Gasteiger partial charge in [0.25, 0.3) is 0 Å². The third-order valence-electron chi connectivity index (χ3n) is 1.94. The van der Waals surface area contributed by atoms with Crippen LogP contribution in [0.4, 0.5) is 4.39 Å². The largest absolute Gasteiger partial charge is 1.00 e. The van der Waals surface area contributed by atoms with Crippen LogP contribution in [0.2, 0.25) is 0 Å². The molecule has 18 heavy (non-hydrogen) atoms. The zero-order chi connectivity index (χ0) is 12.3. The Morgan fingerprint density at radius 3 is 2.50 bits per heavy atom. The maximum atomic E-state index is 12.7. The van der Waals surface area contributed by atoms with Gasteiger partial charge in [-0.25, -0.2) is 9.37 Å². The fourth-order valence-corrected chi connectivity index (χ4v) is 1.62. The molecule has 0 N–H and O–H groups in total. The van der Waals surface area contributed by atoms with Crippen molar-refractivity contribution in [3.05, 3.63) is 48.4 Å². The van der Waals surface area contributed by atoms with E-state index in [-0.39, 0.29) is 40.3 Å². The van der Waals surface area contributed by atoms with E-state index < -0.39 is 16.9 Å². The smallest absolute Gasteiger partial charge is 0.768 e. The summed E-state index contributed by atoms with van der Waals surface area (Å²) in [6, 6.07) is 8.07. The number of halogens is 1. The van der Waals surface area contributed by atoms with Gasteiger partial charge in [-0.3, -0.25) is 4.21 Å². The molecule has 0 spiro atoms. The molecule has 0 amide bonds. The van der Waals surface area contributed by atoms with Crippen molar-refractivity contribution < 1.29 is 47.4 Å². The minimum absolute atomic E-state index is 0. The van der Waals surface area contributed by atoms with Crippen LogP contribution in [-0.2, 0) is 11.1 Å². The molecule has 0 saturated carbocycles. The van der Waals surface area contributed by atoms with Crippen LogP contribution in [0, 0.1) is 5.82 Å². The molecule has 1 atom stereocenters. The van der Waals surface area contributed by atoms with E-state index in [2.05, 4.69) is 4.98 Å². The Labute approximate surface area is 128 Å². The van der Waals surface area contributed by atoms with Gasteiger partial charge in [0, 0.05) is 6.20 Å². The van der Waals surface area contributed by atoms with Crippen LogP contribution in [0.3, 0.4) is 0 Å². The summed E-state index contributed by atoms with van der Waals surface area (Å²) in [5.74, 6) is -0.116. The van der Waals surface area contributed by atoms with Crippen molar-refractivity contribution in [1.82, 2.24) is 4.98 Å². The van der Waals surface area contributed by atoms with Gasteiger partial charge in [-0.05, 0) is 47.5 Å². The minimum atomic E-state index is -2.43. The molecule has 0 radical (unpaired) electrons. The summed E-state index contributed by atoms with van der Waals surface area (Å²) in [5.41, 5.74) is 0. The molecule has 0 aliphatic carbocycles. The monoisotopic (exact) mass is 275 g/mol. The first kappa shape index (κ1) is 15.3. The van der Waals surface area contributed by atoms with E-state index in [1.165, 1.54) is 42.6 Å². The SMILES string of the molecule is O=S([O-])c1cccnc1Oc1ccc(F)cc1.[Na+]. The Kier molecular flexibility index (Phi) is 5.90. The van der Waals surface area contributed by atoms with Gasteiger partial charge in [0.2, 0.25) is 5.88 Å². The van der Waals surface area contributed by atoms with Gasteiger partial charge in [0.05, 0.1) is 4.90 Å². The molecule has 1 aromatic heterocycles. The van der Waals surface area contributed by atoms with Gasteiger partial charge >= 0.3 is 29.6 Å². The number of hydrogen-bond donors (Lipinski definition) is 0. The normalized spacial score (nSPS) is 11.4. The fraction of sp³-hybridized carbons (Fsp3) is 0. The van der Waals surface area contributed by atoms with Crippen molar-refractivity contribution in [2.45, 2.75) is 4.90 Å². The van der Waals surface area contributed by atoms with Gasteiger partial charge < -0.3 is 9.29 Å². The molecule has 7 heteroatoms. The molecule has 2 rings (SSSR count). The van der Waals surface area contributed by atoms with Gasteiger partial charge in [-0.15, -0.1) is 0 Å². The zero-order valence-electron chi connectivity index (χ0n) is 9.50. The van der Waals surface area contributed by atoms with Gasteiger partial charge in [0.1, 0.15) is 11.6 Å². The topological polar surface area (TPSA) is 62.2 Å². The van der Waals surface area contributed by atoms with Crippen LogP contribution in [0.25, 0.3) is 0 Å². The average molecular weight is 275 g/mol. The number of pyridine rings is 1. The van der Waals surface area contributed by atoms with Crippen LogP contribution >= 0.6 is 0 Å². The van der Waals surface area contributed by atoms with Crippen LogP contribution in [0.15, 0.2) is 47.5 Å². The first-order chi connectivity index (χ1) is 8.16. The molecule has 0 saturated heterocycles. The van der Waals surface area contributed by atoms with E-state index in [1.54, 1.807) is 0 Å². The van der Waals surface area contributed by atoms with E-state index in [9.17, 15) is 13.2 Å². The molecule has 0 fully saturated rings.